The summed E-state index contributed by atoms with van der Waals surface area (Å²) in [6.07, 6.45) is 3.21. The molecule has 0 aliphatic carbocycles. The van der Waals surface area contributed by atoms with Crippen LogP contribution in [-0.2, 0) is 9.84 Å². The molecule has 1 radical (unpaired) electrons. The molecular formula is C18H16NO4. The Morgan fingerprint density at radius 2 is 1.78 bits per heavy atom. The fourth-order valence-corrected chi connectivity index (χ4v) is 1.98. The predicted molar refractivity (Wildman–Crippen MR) is 86.8 cm³/mol. The fraction of sp³-hybridized carbons (Fsp3) is 0.111. The van der Waals surface area contributed by atoms with E-state index in [2.05, 4.69) is 10.1 Å². The van der Waals surface area contributed by atoms with E-state index in [0.717, 1.165) is 5.56 Å². The van der Waals surface area contributed by atoms with Crippen molar-refractivity contribution in [2.45, 2.75) is 0 Å². The standard InChI is InChI=1S/C18H16NO4/c1-23-18(22)15-9-7-14(8-10-15)17(21)19-16-6-2-4-13(12-16)5-3-11-20/h2-10,12H,11H2,1H3,(H,19,21)/b5-3+. The number of benzene rings is 2. The summed E-state index contributed by atoms with van der Waals surface area (Å²) in [7, 11) is 1.30. The van der Waals surface area contributed by atoms with E-state index < -0.39 is 5.97 Å². The Labute approximate surface area is 134 Å². The van der Waals surface area contributed by atoms with Gasteiger partial charge < -0.3 is 10.1 Å². The average Bonchev–Trinajstić information content (AvgIpc) is 2.59. The van der Waals surface area contributed by atoms with Crippen LogP contribution in [0.1, 0.15) is 26.3 Å². The molecule has 0 unspecified atom stereocenters. The molecule has 0 fully saturated rings. The second kappa shape index (κ2) is 7.91. The number of methoxy groups -OCH3 is 1. The summed E-state index contributed by atoms with van der Waals surface area (Å²) < 4.78 is 4.61. The number of ether oxygens (including phenoxy) is 1. The van der Waals surface area contributed by atoms with Gasteiger partial charge in [-0.3, -0.25) is 4.79 Å². The van der Waals surface area contributed by atoms with Gasteiger partial charge in [0.2, 0.25) is 0 Å². The molecule has 0 saturated heterocycles. The molecule has 0 heterocycles. The van der Waals surface area contributed by atoms with Crippen LogP contribution in [0.25, 0.3) is 6.08 Å². The minimum Gasteiger partial charge on any atom is -0.465 e. The van der Waals surface area contributed by atoms with Crippen LogP contribution >= 0.6 is 0 Å². The number of anilines is 1. The summed E-state index contributed by atoms with van der Waals surface area (Å²) in [6.45, 7) is -0.289. The monoisotopic (exact) mass is 310 g/mol. The third-order valence-corrected chi connectivity index (χ3v) is 3.12. The van der Waals surface area contributed by atoms with Crippen molar-refractivity contribution in [1.29, 1.82) is 0 Å². The zero-order chi connectivity index (χ0) is 16.7. The lowest BCUT2D eigenvalue weighted by Crippen LogP contribution is -2.12. The quantitative estimate of drug-likeness (QED) is 0.862. The van der Waals surface area contributed by atoms with Gasteiger partial charge in [0.1, 0.15) is 6.61 Å². The number of hydrogen-bond acceptors (Lipinski definition) is 3. The first-order valence-electron chi connectivity index (χ1n) is 6.98. The lowest BCUT2D eigenvalue weighted by atomic mass is 10.1. The lowest BCUT2D eigenvalue weighted by Gasteiger charge is -2.07. The van der Waals surface area contributed by atoms with Crippen molar-refractivity contribution >= 4 is 23.6 Å². The van der Waals surface area contributed by atoms with Gasteiger partial charge in [0.25, 0.3) is 5.91 Å². The minimum atomic E-state index is -0.449. The summed E-state index contributed by atoms with van der Waals surface area (Å²) in [4.78, 5) is 23.6. The average molecular weight is 310 g/mol. The highest BCUT2D eigenvalue weighted by molar-refractivity contribution is 6.04. The molecule has 0 aromatic heterocycles. The van der Waals surface area contributed by atoms with Crippen LogP contribution in [0.5, 0.6) is 0 Å². The first-order valence-corrected chi connectivity index (χ1v) is 6.98. The molecule has 0 bridgehead atoms. The minimum absolute atomic E-state index is 0.286. The molecule has 2 aromatic rings. The zero-order valence-corrected chi connectivity index (χ0v) is 12.6. The van der Waals surface area contributed by atoms with Gasteiger partial charge in [-0.2, -0.15) is 0 Å². The maximum Gasteiger partial charge on any atom is 0.337 e. The van der Waals surface area contributed by atoms with Gasteiger partial charge in [0, 0.05) is 11.3 Å². The highest BCUT2D eigenvalue weighted by atomic mass is 16.5. The Kier molecular flexibility index (Phi) is 5.66. The smallest absolute Gasteiger partial charge is 0.337 e. The molecule has 0 saturated carbocycles. The molecule has 0 atom stereocenters. The number of amides is 1. The SMILES string of the molecule is COC(=O)c1ccc(C(=O)Nc2cccc(/C=C/C[O])c2)cc1. The highest BCUT2D eigenvalue weighted by Gasteiger charge is 2.09. The molecule has 0 spiro atoms. The van der Waals surface area contributed by atoms with Gasteiger partial charge in [-0.1, -0.05) is 24.3 Å². The third kappa shape index (κ3) is 4.52. The van der Waals surface area contributed by atoms with Gasteiger partial charge in [-0.15, -0.1) is 0 Å². The second-order valence-electron chi connectivity index (χ2n) is 4.72. The lowest BCUT2D eigenvalue weighted by molar-refractivity contribution is 0.0600. The Hall–Kier alpha value is -2.92. The molecule has 23 heavy (non-hydrogen) atoms. The largest absolute Gasteiger partial charge is 0.465 e. The molecule has 1 amide bonds. The van der Waals surface area contributed by atoms with Gasteiger partial charge in [0.05, 0.1) is 12.7 Å². The van der Waals surface area contributed by atoms with Crippen molar-refractivity contribution in [3.8, 4) is 0 Å². The number of hydrogen-bond donors (Lipinski definition) is 1. The number of rotatable bonds is 5. The molecule has 2 aromatic carbocycles. The van der Waals surface area contributed by atoms with Gasteiger partial charge >= 0.3 is 5.97 Å². The molecule has 117 valence electrons. The second-order valence-corrected chi connectivity index (χ2v) is 4.72. The normalized spacial score (nSPS) is 10.5. The molecule has 0 aliphatic rings. The number of carbonyl (C=O) groups excluding carboxylic acids is 2. The highest BCUT2D eigenvalue weighted by Crippen LogP contribution is 2.14. The predicted octanol–water partition coefficient (Wildman–Crippen LogP) is 3.17. The molecule has 2 rings (SSSR count). The van der Waals surface area contributed by atoms with Crippen LogP contribution in [0, 0.1) is 0 Å². The van der Waals surface area contributed by atoms with Crippen LogP contribution in [0.15, 0.2) is 54.6 Å². The van der Waals surface area contributed by atoms with Crippen LogP contribution in [0.2, 0.25) is 0 Å². The summed E-state index contributed by atoms with van der Waals surface area (Å²) >= 11 is 0. The van der Waals surface area contributed by atoms with Crippen LogP contribution < -0.4 is 5.32 Å². The van der Waals surface area contributed by atoms with Crippen molar-refractivity contribution in [2.24, 2.45) is 0 Å². The van der Waals surface area contributed by atoms with Gasteiger partial charge in [0.15, 0.2) is 0 Å². The van der Waals surface area contributed by atoms with Crippen molar-refractivity contribution in [1.82, 2.24) is 0 Å². The topological polar surface area (TPSA) is 75.3 Å². The van der Waals surface area contributed by atoms with E-state index in [1.54, 1.807) is 36.4 Å². The Morgan fingerprint density at radius 1 is 1.09 bits per heavy atom. The first kappa shape index (κ1) is 16.5. The maximum absolute atomic E-state index is 12.2. The van der Waals surface area contributed by atoms with Crippen LogP contribution in [-0.4, -0.2) is 25.6 Å². The zero-order valence-electron chi connectivity index (χ0n) is 12.6. The van der Waals surface area contributed by atoms with Crippen molar-refractivity contribution in [3.63, 3.8) is 0 Å². The Morgan fingerprint density at radius 3 is 2.43 bits per heavy atom. The van der Waals surface area contributed by atoms with Gasteiger partial charge in [-0.25, -0.2) is 9.90 Å². The summed E-state index contributed by atoms with van der Waals surface area (Å²) in [6, 6.07) is 13.4. The van der Waals surface area contributed by atoms with Crippen LogP contribution in [0.3, 0.4) is 0 Å². The van der Waals surface area contributed by atoms with Gasteiger partial charge in [-0.05, 0) is 42.0 Å². The van der Waals surface area contributed by atoms with E-state index in [0.29, 0.717) is 16.8 Å². The first-order chi connectivity index (χ1) is 11.1. The van der Waals surface area contributed by atoms with Crippen LogP contribution in [0.4, 0.5) is 5.69 Å². The van der Waals surface area contributed by atoms with Crippen molar-refractivity contribution < 1.29 is 19.4 Å². The fourth-order valence-electron chi connectivity index (χ4n) is 1.98. The Balaban J connectivity index is 2.09. The maximum atomic E-state index is 12.2. The molecule has 0 aliphatic heterocycles. The summed E-state index contributed by atoms with van der Waals surface area (Å²) in [5.74, 6) is -0.735. The summed E-state index contributed by atoms with van der Waals surface area (Å²) in [5.41, 5.74) is 2.27. The third-order valence-electron chi connectivity index (χ3n) is 3.12. The number of nitrogens with one attached hydrogen (secondary N) is 1. The number of esters is 1. The van der Waals surface area contributed by atoms with E-state index in [1.807, 2.05) is 6.07 Å². The molecule has 5 nitrogen and oxygen atoms in total. The van der Waals surface area contributed by atoms with Crippen molar-refractivity contribution in [3.05, 3.63) is 71.3 Å². The molecule has 1 N–H and O–H groups in total. The molecular weight excluding hydrogens is 294 g/mol. The van der Waals surface area contributed by atoms with E-state index >= 15 is 0 Å². The van der Waals surface area contributed by atoms with E-state index in [4.69, 9.17) is 0 Å². The van der Waals surface area contributed by atoms with E-state index in [-0.39, 0.29) is 12.5 Å². The molecule has 5 heteroatoms. The Bertz CT molecular complexity index is 720. The van der Waals surface area contributed by atoms with Crippen molar-refractivity contribution in [2.75, 3.05) is 19.0 Å². The van der Waals surface area contributed by atoms with E-state index in [1.165, 1.54) is 25.3 Å². The summed E-state index contributed by atoms with van der Waals surface area (Å²) in [5, 5.41) is 13.2. The van der Waals surface area contributed by atoms with E-state index in [9.17, 15) is 14.7 Å². The number of carbonyl (C=O) groups is 2.